The molecule has 1 saturated carbocycles. The number of nitrogens with zero attached hydrogens (tertiary/aromatic N) is 3. The van der Waals surface area contributed by atoms with Gasteiger partial charge in [0.15, 0.2) is 0 Å². The summed E-state index contributed by atoms with van der Waals surface area (Å²) in [6.45, 7) is 7.85. The summed E-state index contributed by atoms with van der Waals surface area (Å²) in [5.74, 6) is 0. The minimum atomic E-state index is 0.423. The first-order chi connectivity index (χ1) is 11.8. The molecule has 0 amide bonds. The van der Waals surface area contributed by atoms with E-state index in [1.165, 1.54) is 44.6 Å². The third kappa shape index (κ3) is 3.77. The Labute approximate surface area is 145 Å². The Morgan fingerprint density at radius 3 is 2.54 bits per heavy atom. The number of nitrogens with one attached hydrogen (secondary N) is 1. The van der Waals surface area contributed by atoms with Crippen LogP contribution in [0.1, 0.15) is 18.4 Å². The summed E-state index contributed by atoms with van der Waals surface area (Å²) in [5.41, 5.74) is 1.85. The minimum Gasteiger partial charge on any atom is -0.307 e. The Morgan fingerprint density at radius 1 is 1.08 bits per heavy atom. The molecule has 4 rings (SSSR count). The highest BCUT2D eigenvalue weighted by Crippen LogP contribution is 2.41. The molecule has 0 spiro atoms. The minimum absolute atomic E-state index is 0.423. The van der Waals surface area contributed by atoms with E-state index in [0.29, 0.717) is 11.6 Å². The van der Waals surface area contributed by atoms with E-state index in [-0.39, 0.29) is 0 Å². The molecule has 0 aromatic heterocycles. The summed E-state index contributed by atoms with van der Waals surface area (Å²) < 4.78 is 0. The normalized spacial score (nSPS) is 26.6. The Balaban J connectivity index is 1.24. The molecule has 1 aromatic rings. The number of aliphatic imine (C=N–C) groups is 1. The fourth-order valence-corrected chi connectivity index (χ4v) is 3.90. The van der Waals surface area contributed by atoms with E-state index in [1.807, 2.05) is 6.21 Å². The first-order valence-corrected chi connectivity index (χ1v) is 9.25. The molecule has 128 valence electrons. The Hall–Kier alpha value is -1.49. The number of benzene rings is 1. The van der Waals surface area contributed by atoms with Crippen LogP contribution in [0.15, 0.2) is 47.5 Å². The molecule has 3 aliphatic rings. The molecule has 0 bridgehead atoms. The monoisotopic (exact) mass is 324 g/mol. The highest BCUT2D eigenvalue weighted by molar-refractivity contribution is 5.72. The molecule has 2 aliphatic heterocycles. The van der Waals surface area contributed by atoms with Crippen LogP contribution >= 0.6 is 0 Å². The van der Waals surface area contributed by atoms with Gasteiger partial charge in [0.25, 0.3) is 0 Å². The lowest BCUT2D eigenvalue weighted by atomic mass is 10.1. The Bertz CT molecular complexity index is 583. The SMILES string of the molecule is C1=CC(NCC2(N3CCN(Cc4ccccc4)CC3)CC2)CN=C1. The van der Waals surface area contributed by atoms with Crippen molar-refractivity contribution in [1.29, 1.82) is 0 Å². The van der Waals surface area contributed by atoms with Gasteiger partial charge in [-0.15, -0.1) is 0 Å². The summed E-state index contributed by atoms with van der Waals surface area (Å²) in [7, 11) is 0. The van der Waals surface area contributed by atoms with Crippen molar-refractivity contribution in [3.05, 3.63) is 48.0 Å². The maximum atomic E-state index is 4.35. The molecule has 1 saturated heterocycles. The summed E-state index contributed by atoms with van der Waals surface area (Å²) in [6, 6.07) is 11.3. The maximum absolute atomic E-state index is 4.35. The zero-order valence-corrected chi connectivity index (χ0v) is 14.4. The van der Waals surface area contributed by atoms with Gasteiger partial charge >= 0.3 is 0 Å². The first-order valence-electron chi connectivity index (χ1n) is 9.25. The zero-order chi connectivity index (χ0) is 16.2. The molecule has 2 fully saturated rings. The fourth-order valence-electron chi connectivity index (χ4n) is 3.90. The second-order valence-electron chi connectivity index (χ2n) is 7.36. The van der Waals surface area contributed by atoms with Gasteiger partial charge in [0.2, 0.25) is 0 Å². The molecule has 1 aliphatic carbocycles. The van der Waals surface area contributed by atoms with Crippen LogP contribution in [0.25, 0.3) is 0 Å². The molecule has 1 aromatic carbocycles. The van der Waals surface area contributed by atoms with E-state index in [1.54, 1.807) is 0 Å². The first kappa shape index (κ1) is 16.0. The Morgan fingerprint density at radius 2 is 1.88 bits per heavy atom. The molecule has 1 N–H and O–H groups in total. The van der Waals surface area contributed by atoms with Crippen molar-refractivity contribution in [2.75, 3.05) is 39.3 Å². The van der Waals surface area contributed by atoms with Gasteiger partial charge in [0, 0.05) is 57.1 Å². The van der Waals surface area contributed by atoms with Crippen LogP contribution in [0.3, 0.4) is 0 Å². The number of dihydropyridines is 1. The molecule has 2 heterocycles. The summed E-state index contributed by atoms with van der Waals surface area (Å²) in [4.78, 5) is 9.67. The lowest BCUT2D eigenvalue weighted by Crippen LogP contribution is -2.55. The van der Waals surface area contributed by atoms with Crippen molar-refractivity contribution >= 4 is 6.21 Å². The fraction of sp³-hybridized carbons (Fsp3) is 0.550. The molecule has 4 heteroatoms. The Kier molecular flexibility index (Phi) is 4.79. The molecule has 1 unspecified atom stereocenters. The third-order valence-corrected chi connectivity index (χ3v) is 5.65. The topological polar surface area (TPSA) is 30.9 Å². The van der Waals surface area contributed by atoms with E-state index in [0.717, 1.165) is 19.6 Å². The summed E-state index contributed by atoms with van der Waals surface area (Å²) >= 11 is 0. The van der Waals surface area contributed by atoms with Gasteiger partial charge in [-0.05, 0) is 24.5 Å². The number of hydrogen-bond acceptors (Lipinski definition) is 4. The van der Waals surface area contributed by atoms with Gasteiger partial charge in [-0.25, -0.2) is 0 Å². The van der Waals surface area contributed by atoms with Crippen molar-refractivity contribution < 1.29 is 0 Å². The molecule has 1 atom stereocenters. The van der Waals surface area contributed by atoms with E-state index in [4.69, 9.17) is 0 Å². The average Bonchev–Trinajstić information content (AvgIpc) is 3.44. The van der Waals surface area contributed by atoms with Crippen molar-refractivity contribution in [3.8, 4) is 0 Å². The van der Waals surface area contributed by atoms with Crippen molar-refractivity contribution in [3.63, 3.8) is 0 Å². The van der Waals surface area contributed by atoms with Gasteiger partial charge in [-0.1, -0.05) is 36.4 Å². The number of allylic oxidation sites excluding steroid dienone is 1. The predicted octanol–water partition coefficient (Wildman–Crippen LogP) is 1.94. The van der Waals surface area contributed by atoms with E-state index in [9.17, 15) is 0 Å². The molecule has 4 nitrogen and oxygen atoms in total. The lowest BCUT2D eigenvalue weighted by molar-refractivity contribution is 0.0795. The van der Waals surface area contributed by atoms with Crippen LogP contribution < -0.4 is 5.32 Å². The van der Waals surface area contributed by atoms with Crippen LogP contribution in [0.5, 0.6) is 0 Å². The van der Waals surface area contributed by atoms with Gasteiger partial charge in [-0.3, -0.25) is 14.8 Å². The smallest absolute Gasteiger partial charge is 0.0578 e. The van der Waals surface area contributed by atoms with Gasteiger partial charge in [0.1, 0.15) is 0 Å². The van der Waals surface area contributed by atoms with E-state index < -0.39 is 0 Å². The summed E-state index contributed by atoms with van der Waals surface area (Å²) in [6.07, 6.45) is 8.89. The van der Waals surface area contributed by atoms with Crippen molar-refractivity contribution in [2.45, 2.75) is 31.0 Å². The van der Waals surface area contributed by atoms with Crippen molar-refractivity contribution in [1.82, 2.24) is 15.1 Å². The van der Waals surface area contributed by atoms with Gasteiger partial charge in [-0.2, -0.15) is 0 Å². The maximum Gasteiger partial charge on any atom is 0.0578 e. The molecule has 0 radical (unpaired) electrons. The van der Waals surface area contributed by atoms with Crippen molar-refractivity contribution in [2.24, 2.45) is 4.99 Å². The quantitative estimate of drug-likeness (QED) is 0.867. The second-order valence-corrected chi connectivity index (χ2v) is 7.36. The van der Waals surface area contributed by atoms with Crippen LogP contribution in [-0.2, 0) is 6.54 Å². The second kappa shape index (κ2) is 7.18. The third-order valence-electron chi connectivity index (χ3n) is 5.65. The van der Waals surface area contributed by atoms with Crippen LogP contribution in [0, 0.1) is 0 Å². The van der Waals surface area contributed by atoms with E-state index in [2.05, 4.69) is 62.6 Å². The van der Waals surface area contributed by atoms with Crippen LogP contribution in [0.2, 0.25) is 0 Å². The molecule has 24 heavy (non-hydrogen) atoms. The molecular weight excluding hydrogens is 296 g/mol. The number of hydrogen-bond donors (Lipinski definition) is 1. The zero-order valence-electron chi connectivity index (χ0n) is 14.4. The standard InChI is InChI=1S/C20H28N4/c1-2-5-18(6-3-1)16-23-11-13-24(14-12-23)20(8-9-20)17-22-19-7-4-10-21-15-19/h1-7,10,19,22H,8-9,11-17H2. The predicted molar refractivity (Wildman–Crippen MR) is 99.5 cm³/mol. The largest absolute Gasteiger partial charge is 0.307 e. The van der Waals surface area contributed by atoms with Crippen LogP contribution in [-0.4, -0.2) is 66.9 Å². The number of rotatable bonds is 6. The van der Waals surface area contributed by atoms with E-state index >= 15 is 0 Å². The number of piperazine rings is 1. The summed E-state index contributed by atoms with van der Waals surface area (Å²) in [5, 5.41) is 3.72. The van der Waals surface area contributed by atoms with Gasteiger partial charge in [0.05, 0.1) is 6.54 Å². The van der Waals surface area contributed by atoms with Crippen LogP contribution in [0.4, 0.5) is 0 Å². The average molecular weight is 324 g/mol. The highest BCUT2D eigenvalue weighted by Gasteiger charge is 2.48. The van der Waals surface area contributed by atoms with Gasteiger partial charge < -0.3 is 5.32 Å². The lowest BCUT2D eigenvalue weighted by Gasteiger charge is -2.40. The molecular formula is C20H28N4. The highest BCUT2D eigenvalue weighted by atomic mass is 15.3.